The van der Waals surface area contributed by atoms with Crippen molar-refractivity contribution in [2.24, 2.45) is 5.41 Å². The largest absolute Gasteiger partial charge is 0.497 e. The summed E-state index contributed by atoms with van der Waals surface area (Å²) in [7, 11) is 7.71. The van der Waals surface area contributed by atoms with Gasteiger partial charge in [0.25, 0.3) is 0 Å². The quantitative estimate of drug-likeness (QED) is 0.138. The van der Waals surface area contributed by atoms with Crippen LogP contribution in [0.15, 0.2) is 119 Å². The molecule has 6 aromatic rings. The summed E-state index contributed by atoms with van der Waals surface area (Å²) in [5.41, 5.74) is 12.1. The molecule has 1 unspecified atom stereocenters. The topological polar surface area (TPSA) is 30.9 Å². The lowest BCUT2D eigenvalue weighted by Gasteiger charge is -2.47. The van der Waals surface area contributed by atoms with Crippen molar-refractivity contribution in [2.45, 2.75) is 93.4 Å². The molecule has 3 aliphatic rings. The molecule has 2 aliphatic carbocycles. The molecule has 6 aromatic carbocycles. The first-order chi connectivity index (χ1) is 28.6. The Kier molecular flexibility index (Phi) is 10.1. The second-order valence-electron chi connectivity index (χ2n) is 17.3. The third kappa shape index (κ3) is 6.26. The summed E-state index contributed by atoms with van der Waals surface area (Å²) in [6.07, 6.45) is 12.9. The molecule has 1 fully saturated rings. The number of anilines is 1. The monoisotopic (exact) mass is 799 g/mol. The summed E-state index contributed by atoms with van der Waals surface area (Å²) in [6, 6.07) is 38.1. The van der Waals surface area contributed by atoms with Gasteiger partial charge in [-0.3, -0.25) is 0 Å². The van der Waals surface area contributed by atoms with E-state index >= 15 is 0 Å². The van der Waals surface area contributed by atoms with Gasteiger partial charge in [-0.05, 0) is 132 Å². The Hall–Kier alpha value is -5.13. The van der Waals surface area contributed by atoms with Gasteiger partial charge in [-0.1, -0.05) is 112 Å². The molecule has 0 amide bonds. The van der Waals surface area contributed by atoms with E-state index in [2.05, 4.69) is 150 Å². The van der Waals surface area contributed by atoms with E-state index in [9.17, 15) is 0 Å². The van der Waals surface area contributed by atoms with Gasteiger partial charge in [0.2, 0.25) is 0 Å². The minimum atomic E-state index is -0.872. The highest BCUT2D eigenvalue weighted by Gasteiger charge is 2.51. The van der Waals surface area contributed by atoms with Crippen LogP contribution in [-0.4, -0.2) is 28.3 Å². The third-order valence-corrected chi connectivity index (χ3v) is 15.6. The molecule has 1 spiro atoms. The highest BCUT2D eigenvalue weighted by atomic mass is 32.2. The molecule has 0 radical (unpaired) electrons. The smallest absolute Gasteiger partial charge is 0.178 e. The highest BCUT2D eigenvalue weighted by Crippen LogP contribution is 2.65. The average Bonchev–Trinajstić information content (AvgIpc) is 3.56. The summed E-state index contributed by atoms with van der Waals surface area (Å²) in [5.74, 6) is 2.59. The number of benzene rings is 6. The van der Waals surface area contributed by atoms with E-state index in [1.165, 1.54) is 80.6 Å². The van der Waals surface area contributed by atoms with E-state index < -0.39 is 5.60 Å². The number of hydrogen-bond acceptors (Lipinski definition) is 5. The van der Waals surface area contributed by atoms with Crippen LogP contribution in [-0.2, 0) is 17.4 Å². The van der Waals surface area contributed by atoms with Crippen molar-refractivity contribution < 1.29 is 14.2 Å². The van der Waals surface area contributed by atoms with Crippen LogP contribution < -0.4 is 19.1 Å². The summed E-state index contributed by atoms with van der Waals surface area (Å²) in [6.45, 7) is 9.22. The van der Waals surface area contributed by atoms with E-state index in [1.54, 1.807) is 26.0 Å². The number of hydrogen-bond donors (Lipinski definition) is 0. The van der Waals surface area contributed by atoms with Gasteiger partial charge in [-0.15, -0.1) is 0 Å². The van der Waals surface area contributed by atoms with Crippen molar-refractivity contribution in [2.75, 3.05) is 33.2 Å². The highest BCUT2D eigenvalue weighted by molar-refractivity contribution is 7.99. The van der Waals surface area contributed by atoms with E-state index in [-0.39, 0.29) is 5.41 Å². The van der Waals surface area contributed by atoms with Crippen molar-refractivity contribution in [1.29, 1.82) is 0 Å². The summed E-state index contributed by atoms with van der Waals surface area (Å²) in [4.78, 5) is 4.48. The van der Waals surface area contributed by atoms with Gasteiger partial charge in [-0.25, -0.2) is 0 Å². The van der Waals surface area contributed by atoms with Gasteiger partial charge in [0, 0.05) is 52.2 Å². The number of rotatable bonds is 10. The fourth-order valence-electron chi connectivity index (χ4n) is 10.5. The summed E-state index contributed by atoms with van der Waals surface area (Å²) >= 11 is 1.79. The summed E-state index contributed by atoms with van der Waals surface area (Å²) in [5, 5.41) is 2.29. The number of nitrogens with zero attached hydrogens (tertiary/aromatic N) is 1. The van der Waals surface area contributed by atoms with Gasteiger partial charge < -0.3 is 19.1 Å². The fraction of sp³-hybridized carbons (Fsp3) is 0.333. The van der Waals surface area contributed by atoms with Crippen LogP contribution in [0.1, 0.15) is 98.2 Å². The molecule has 1 saturated carbocycles. The molecule has 0 N–H and O–H groups in total. The number of ether oxygens (including phenoxy) is 3. The average molecular weight is 800 g/mol. The lowest BCUT2D eigenvalue weighted by atomic mass is 9.58. The van der Waals surface area contributed by atoms with Crippen molar-refractivity contribution in [3.63, 3.8) is 0 Å². The zero-order valence-corrected chi connectivity index (χ0v) is 36.8. The van der Waals surface area contributed by atoms with Crippen LogP contribution in [0.3, 0.4) is 0 Å². The first kappa shape index (κ1) is 39.3. The van der Waals surface area contributed by atoms with Crippen LogP contribution in [0, 0.1) is 12.3 Å². The molecule has 4 nitrogen and oxygen atoms in total. The number of fused-ring (bicyclic) bond motifs is 10. The molecule has 0 aromatic heterocycles. The van der Waals surface area contributed by atoms with Gasteiger partial charge in [0.15, 0.2) is 5.60 Å². The van der Waals surface area contributed by atoms with Gasteiger partial charge in [-0.2, -0.15) is 0 Å². The number of methoxy groups -OCH3 is 2. The predicted octanol–water partition coefficient (Wildman–Crippen LogP) is 13.9. The van der Waals surface area contributed by atoms with Crippen LogP contribution in [0.5, 0.6) is 17.2 Å². The van der Waals surface area contributed by atoms with Crippen LogP contribution >= 0.6 is 11.8 Å². The Balaban J connectivity index is 1.33. The minimum absolute atomic E-state index is 0.111. The Morgan fingerprint density at radius 1 is 0.729 bits per heavy atom. The molecular formula is C54H57NO3S. The molecular weight excluding hydrogens is 743 g/mol. The maximum absolute atomic E-state index is 7.81. The van der Waals surface area contributed by atoms with Crippen molar-refractivity contribution in [1.82, 2.24) is 0 Å². The predicted molar refractivity (Wildman–Crippen MR) is 247 cm³/mol. The van der Waals surface area contributed by atoms with Crippen LogP contribution in [0.2, 0.25) is 0 Å². The maximum Gasteiger partial charge on any atom is 0.178 e. The fourth-order valence-corrected chi connectivity index (χ4v) is 11.6. The molecule has 59 heavy (non-hydrogen) atoms. The van der Waals surface area contributed by atoms with Crippen molar-refractivity contribution in [3.8, 4) is 28.4 Å². The SMILES string of the molecule is CCc1ccc(C2(c3ccc(OC)cc3)C=Cc3c4c(c5cc(Sc6ccc(N(C)C)cc6C)c(OC)cc5c3O2)-c2ccccc2C42CCC(CC)(CC)CC2)cc1. The van der Waals surface area contributed by atoms with Crippen LogP contribution in [0.25, 0.3) is 28.0 Å². The lowest BCUT2D eigenvalue weighted by Crippen LogP contribution is -2.38. The molecule has 302 valence electrons. The Morgan fingerprint density at radius 2 is 1.42 bits per heavy atom. The molecule has 5 heteroatoms. The molecule has 1 atom stereocenters. The third-order valence-electron chi connectivity index (χ3n) is 14.4. The first-order valence-corrected chi connectivity index (χ1v) is 22.3. The van der Waals surface area contributed by atoms with E-state index in [0.717, 1.165) is 57.9 Å². The zero-order chi connectivity index (χ0) is 41.1. The van der Waals surface area contributed by atoms with Crippen molar-refractivity contribution >= 4 is 34.3 Å². The molecule has 0 bridgehead atoms. The minimum Gasteiger partial charge on any atom is -0.497 e. The van der Waals surface area contributed by atoms with Crippen LogP contribution in [0.4, 0.5) is 5.69 Å². The first-order valence-electron chi connectivity index (χ1n) is 21.5. The zero-order valence-electron chi connectivity index (χ0n) is 36.0. The Labute approximate surface area is 355 Å². The van der Waals surface area contributed by atoms with E-state index in [0.29, 0.717) is 5.41 Å². The van der Waals surface area contributed by atoms with E-state index in [4.69, 9.17) is 14.2 Å². The van der Waals surface area contributed by atoms with Gasteiger partial charge in [0.05, 0.1) is 19.1 Å². The maximum atomic E-state index is 7.81. The standard InChI is InChI=1S/C54H57NO3S/c1-9-36-16-18-37(19-17-36)54(38-20-23-40(56-7)24-21-38)27-26-42-50-49(41-14-12-13-15-45(41)53(50)30-28-52(10-2,11-3)29-31-53)43-34-48(46(57-8)33-44(43)51(42)58-54)59-47-25-22-39(55(5)6)32-35(47)4/h12-27,32-34H,9-11,28-31H2,1-8H3. The molecule has 1 heterocycles. The Bertz CT molecular complexity index is 2520. The normalized spacial score (nSPS) is 18.2. The lowest BCUT2D eigenvalue weighted by molar-refractivity contribution is 0.132. The molecule has 1 aliphatic heterocycles. The Morgan fingerprint density at radius 3 is 2.05 bits per heavy atom. The second-order valence-corrected chi connectivity index (χ2v) is 18.4. The van der Waals surface area contributed by atoms with E-state index in [1.807, 2.05) is 12.1 Å². The second kappa shape index (κ2) is 15.2. The van der Waals surface area contributed by atoms with Gasteiger partial charge >= 0.3 is 0 Å². The summed E-state index contributed by atoms with van der Waals surface area (Å²) < 4.78 is 19.8. The molecule has 9 rings (SSSR count). The molecule has 0 saturated heterocycles. The number of aryl methyl sites for hydroxylation is 2. The van der Waals surface area contributed by atoms with Crippen molar-refractivity contribution in [3.05, 3.63) is 148 Å². The van der Waals surface area contributed by atoms with Gasteiger partial charge in [0.1, 0.15) is 17.2 Å².